The fraction of sp³-hybridized carbons (Fsp3) is 0.615. The van der Waals surface area contributed by atoms with Crippen LogP contribution in [-0.4, -0.2) is 11.5 Å². The van der Waals surface area contributed by atoms with Crippen LogP contribution in [0.5, 0.6) is 0 Å². The molecule has 0 saturated carbocycles. The van der Waals surface area contributed by atoms with Crippen LogP contribution in [0, 0.1) is 5.92 Å². The van der Waals surface area contributed by atoms with Crippen molar-refractivity contribution in [3.8, 4) is 0 Å². The van der Waals surface area contributed by atoms with Crippen LogP contribution in [0.1, 0.15) is 45.3 Å². The fourth-order valence-electron chi connectivity index (χ4n) is 1.71. The monoisotopic (exact) mass is 206 g/mol. The van der Waals surface area contributed by atoms with E-state index in [2.05, 4.69) is 37.1 Å². The zero-order valence-electron chi connectivity index (χ0n) is 10.0. The van der Waals surface area contributed by atoms with Gasteiger partial charge in [0.25, 0.3) is 0 Å². The van der Waals surface area contributed by atoms with Gasteiger partial charge in [0, 0.05) is 12.2 Å². The molecule has 1 aromatic heterocycles. The number of aromatic nitrogens is 1. The molecule has 1 unspecified atom stereocenters. The quantitative estimate of drug-likeness (QED) is 0.773. The van der Waals surface area contributed by atoms with Gasteiger partial charge >= 0.3 is 0 Å². The third-order valence-electron chi connectivity index (χ3n) is 2.69. The van der Waals surface area contributed by atoms with E-state index in [1.807, 2.05) is 18.3 Å². The second-order valence-corrected chi connectivity index (χ2v) is 4.28. The Hall–Kier alpha value is -0.890. The van der Waals surface area contributed by atoms with E-state index in [9.17, 15) is 0 Å². The van der Waals surface area contributed by atoms with Crippen LogP contribution in [0.25, 0.3) is 0 Å². The molecule has 0 aliphatic rings. The predicted octanol–water partition coefficient (Wildman–Crippen LogP) is 3.17. The largest absolute Gasteiger partial charge is 0.309 e. The molecular formula is C13H22N2. The molecule has 2 heteroatoms. The van der Waals surface area contributed by atoms with Gasteiger partial charge in [0.1, 0.15) is 0 Å². The summed E-state index contributed by atoms with van der Waals surface area (Å²) in [6.45, 7) is 7.77. The van der Waals surface area contributed by atoms with E-state index in [1.165, 1.54) is 12.8 Å². The van der Waals surface area contributed by atoms with E-state index < -0.39 is 0 Å². The van der Waals surface area contributed by atoms with Gasteiger partial charge in [-0.1, -0.05) is 26.3 Å². The Morgan fingerprint density at radius 1 is 1.33 bits per heavy atom. The third-order valence-corrected chi connectivity index (χ3v) is 2.69. The van der Waals surface area contributed by atoms with E-state index >= 15 is 0 Å². The summed E-state index contributed by atoms with van der Waals surface area (Å²) in [5, 5.41) is 3.52. The highest BCUT2D eigenvalue weighted by Gasteiger charge is 2.07. The zero-order valence-corrected chi connectivity index (χ0v) is 10.0. The van der Waals surface area contributed by atoms with Gasteiger partial charge in [0.2, 0.25) is 0 Å². The first-order valence-corrected chi connectivity index (χ1v) is 5.88. The maximum Gasteiger partial charge on any atom is 0.0570 e. The highest BCUT2D eigenvalue weighted by atomic mass is 14.9. The number of hydrogen-bond donors (Lipinski definition) is 1. The highest BCUT2D eigenvalue weighted by molar-refractivity contribution is 5.07. The average molecular weight is 206 g/mol. The first-order valence-electron chi connectivity index (χ1n) is 5.88. The molecule has 0 aromatic carbocycles. The van der Waals surface area contributed by atoms with Crippen molar-refractivity contribution in [2.75, 3.05) is 6.54 Å². The van der Waals surface area contributed by atoms with Crippen LogP contribution in [0.2, 0.25) is 0 Å². The number of rotatable bonds is 6. The normalized spacial score (nSPS) is 14.9. The lowest BCUT2D eigenvalue weighted by atomic mass is 10.1. The zero-order chi connectivity index (χ0) is 11.1. The molecule has 0 radical (unpaired) electrons. The van der Waals surface area contributed by atoms with Crippen molar-refractivity contribution in [2.24, 2.45) is 5.92 Å². The smallest absolute Gasteiger partial charge is 0.0570 e. The summed E-state index contributed by atoms with van der Waals surface area (Å²) in [5.41, 5.74) is 1.13. The highest BCUT2D eigenvalue weighted by Crippen LogP contribution is 2.10. The van der Waals surface area contributed by atoms with Crippen molar-refractivity contribution in [1.82, 2.24) is 10.3 Å². The van der Waals surface area contributed by atoms with E-state index in [-0.39, 0.29) is 0 Å². The molecule has 0 amide bonds. The van der Waals surface area contributed by atoms with Gasteiger partial charge in [-0.3, -0.25) is 4.98 Å². The molecule has 0 spiro atoms. The van der Waals surface area contributed by atoms with Crippen LogP contribution < -0.4 is 5.32 Å². The topological polar surface area (TPSA) is 24.9 Å². The second-order valence-electron chi connectivity index (χ2n) is 4.28. The van der Waals surface area contributed by atoms with Gasteiger partial charge in [-0.05, 0) is 37.9 Å². The minimum atomic E-state index is 0.352. The minimum Gasteiger partial charge on any atom is -0.309 e. The Morgan fingerprint density at radius 2 is 2.13 bits per heavy atom. The maximum absolute atomic E-state index is 4.34. The average Bonchev–Trinajstić information content (AvgIpc) is 2.27. The van der Waals surface area contributed by atoms with Crippen molar-refractivity contribution < 1.29 is 0 Å². The van der Waals surface area contributed by atoms with E-state index in [0.717, 1.165) is 18.2 Å². The molecule has 0 bridgehead atoms. The van der Waals surface area contributed by atoms with Crippen LogP contribution in [-0.2, 0) is 0 Å². The van der Waals surface area contributed by atoms with Gasteiger partial charge in [0.15, 0.2) is 0 Å². The summed E-state index contributed by atoms with van der Waals surface area (Å²) in [4.78, 5) is 4.34. The lowest BCUT2D eigenvalue weighted by Crippen LogP contribution is -2.25. The second kappa shape index (κ2) is 6.57. The van der Waals surface area contributed by atoms with Gasteiger partial charge in [0.05, 0.1) is 5.69 Å². The lowest BCUT2D eigenvalue weighted by molar-refractivity contribution is 0.440. The molecule has 2 atom stereocenters. The van der Waals surface area contributed by atoms with Crippen molar-refractivity contribution in [3.05, 3.63) is 30.1 Å². The Kier molecular flexibility index (Phi) is 5.33. The molecule has 15 heavy (non-hydrogen) atoms. The fourth-order valence-corrected chi connectivity index (χ4v) is 1.71. The summed E-state index contributed by atoms with van der Waals surface area (Å²) >= 11 is 0. The molecule has 1 N–H and O–H groups in total. The van der Waals surface area contributed by atoms with Crippen molar-refractivity contribution in [1.29, 1.82) is 0 Å². The number of nitrogens with zero attached hydrogens (tertiary/aromatic N) is 1. The van der Waals surface area contributed by atoms with Gasteiger partial charge < -0.3 is 5.32 Å². The van der Waals surface area contributed by atoms with Crippen LogP contribution in [0.15, 0.2) is 24.4 Å². The predicted molar refractivity (Wildman–Crippen MR) is 64.7 cm³/mol. The Bertz CT molecular complexity index is 258. The van der Waals surface area contributed by atoms with Gasteiger partial charge in [-0.25, -0.2) is 0 Å². The summed E-state index contributed by atoms with van der Waals surface area (Å²) < 4.78 is 0. The van der Waals surface area contributed by atoms with Crippen LogP contribution in [0.3, 0.4) is 0 Å². The molecule has 0 fully saturated rings. The van der Waals surface area contributed by atoms with Crippen molar-refractivity contribution in [3.63, 3.8) is 0 Å². The van der Waals surface area contributed by atoms with E-state index in [1.54, 1.807) is 0 Å². The summed E-state index contributed by atoms with van der Waals surface area (Å²) in [7, 11) is 0. The Balaban J connectivity index is 2.33. The van der Waals surface area contributed by atoms with E-state index in [0.29, 0.717) is 6.04 Å². The molecule has 1 aromatic rings. The Morgan fingerprint density at radius 3 is 2.73 bits per heavy atom. The number of hydrogen-bond acceptors (Lipinski definition) is 2. The first-order chi connectivity index (χ1) is 7.24. The minimum absolute atomic E-state index is 0.352. The van der Waals surface area contributed by atoms with Gasteiger partial charge in [-0.15, -0.1) is 0 Å². The van der Waals surface area contributed by atoms with Crippen LogP contribution in [0.4, 0.5) is 0 Å². The number of pyridine rings is 1. The molecule has 84 valence electrons. The number of nitrogens with one attached hydrogen (secondary N) is 1. The van der Waals surface area contributed by atoms with Crippen molar-refractivity contribution in [2.45, 2.75) is 39.7 Å². The first kappa shape index (κ1) is 12.2. The van der Waals surface area contributed by atoms with Gasteiger partial charge in [-0.2, -0.15) is 0 Å². The molecule has 1 heterocycles. The molecule has 1 rings (SSSR count). The molecule has 0 saturated heterocycles. The molecular weight excluding hydrogens is 184 g/mol. The molecule has 0 aliphatic carbocycles. The maximum atomic E-state index is 4.34. The summed E-state index contributed by atoms with van der Waals surface area (Å²) in [5.74, 6) is 0.751. The van der Waals surface area contributed by atoms with E-state index in [4.69, 9.17) is 0 Å². The third kappa shape index (κ3) is 4.43. The van der Waals surface area contributed by atoms with Crippen molar-refractivity contribution >= 4 is 0 Å². The molecule has 2 nitrogen and oxygen atoms in total. The SMILES string of the molecule is CCCC(C)CN[C@@H](C)c1ccccn1. The lowest BCUT2D eigenvalue weighted by Gasteiger charge is -2.16. The standard InChI is InChI=1S/C13H22N2/c1-4-7-11(2)10-15-12(3)13-8-5-6-9-14-13/h5-6,8-9,11-12,15H,4,7,10H2,1-3H3/t11?,12-/m0/s1. The Labute approximate surface area is 93.1 Å². The summed E-state index contributed by atoms with van der Waals surface area (Å²) in [6.07, 6.45) is 4.41. The van der Waals surface area contributed by atoms with Crippen LogP contribution >= 0.6 is 0 Å². The molecule has 0 aliphatic heterocycles. The summed E-state index contributed by atoms with van der Waals surface area (Å²) in [6, 6.07) is 6.42.